The van der Waals surface area contributed by atoms with Crippen LogP contribution >= 0.6 is 11.6 Å². The van der Waals surface area contributed by atoms with Crippen LogP contribution in [-0.2, 0) is 21.4 Å². The lowest BCUT2D eigenvalue weighted by atomic mass is 10.1. The molecule has 9 heteroatoms. The van der Waals surface area contributed by atoms with Crippen molar-refractivity contribution in [3.63, 3.8) is 0 Å². The van der Waals surface area contributed by atoms with Crippen LogP contribution in [0.4, 0.5) is 5.69 Å². The van der Waals surface area contributed by atoms with Gasteiger partial charge in [-0.2, -0.15) is 5.10 Å². The number of amides is 1. The largest absolute Gasteiger partial charge is 0.489 e. The fourth-order valence-electron chi connectivity index (χ4n) is 4.28. The SMILES string of the molecule is Cc1ccc(S(=O)(=O)N(CC(=O)N/N=C/c2ccc(OCc3ccc4ccccc4c3)cc2)c2ccccc2Cl)cc1. The minimum absolute atomic E-state index is 0.0484. The highest BCUT2D eigenvalue weighted by Gasteiger charge is 2.28. The zero-order chi connectivity index (χ0) is 29.5. The van der Waals surface area contributed by atoms with Crippen molar-refractivity contribution in [2.24, 2.45) is 5.10 Å². The summed E-state index contributed by atoms with van der Waals surface area (Å²) in [6, 6.07) is 34.5. The van der Waals surface area contributed by atoms with E-state index in [1.807, 2.05) is 49.4 Å². The highest BCUT2D eigenvalue weighted by Crippen LogP contribution is 2.30. The summed E-state index contributed by atoms with van der Waals surface area (Å²) < 4.78 is 33.9. The number of hydrazone groups is 1. The fourth-order valence-corrected chi connectivity index (χ4v) is 6.01. The van der Waals surface area contributed by atoms with Gasteiger partial charge in [-0.25, -0.2) is 13.8 Å². The van der Waals surface area contributed by atoms with Crippen LogP contribution < -0.4 is 14.5 Å². The van der Waals surface area contributed by atoms with Gasteiger partial charge < -0.3 is 4.74 Å². The molecule has 0 fully saturated rings. The van der Waals surface area contributed by atoms with E-state index in [1.54, 1.807) is 36.4 Å². The van der Waals surface area contributed by atoms with Crippen LogP contribution in [0.3, 0.4) is 0 Å². The van der Waals surface area contributed by atoms with E-state index in [0.29, 0.717) is 12.4 Å². The summed E-state index contributed by atoms with van der Waals surface area (Å²) in [7, 11) is -4.08. The predicted molar refractivity (Wildman–Crippen MR) is 168 cm³/mol. The zero-order valence-electron chi connectivity index (χ0n) is 22.8. The molecule has 7 nitrogen and oxygen atoms in total. The zero-order valence-corrected chi connectivity index (χ0v) is 24.3. The van der Waals surface area contributed by atoms with Gasteiger partial charge in [-0.05, 0) is 83.4 Å². The lowest BCUT2D eigenvalue weighted by Crippen LogP contribution is -2.39. The fraction of sp³-hybridized carbons (Fsp3) is 0.0909. The smallest absolute Gasteiger partial charge is 0.264 e. The molecule has 0 radical (unpaired) electrons. The number of para-hydroxylation sites is 1. The lowest BCUT2D eigenvalue weighted by Gasteiger charge is -2.24. The van der Waals surface area contributed by atoms with Gasteiger partial charge in [0.1, 0.15) is 18.9 Å². The summed E-state index contributed by atoms with van der Waals surface area (Å²) in [5.41, 5.74) is 5.31. The molecule has 0 aliphatic rings. The molecule has 1 N–H and O–H groups in total. The number of nitrogens with zero attached hydrogens (tertiary/aromatic N) is 2. The number of aryl methyl sites for hydroxylation is 1. The summed E-state index contributed by atoms with van der Waals surface area (Å²) in [4.78, 5) is 12.9. The van der Waals surface area contributed by atoms with Crippen molar-refractivity contribution in [3.05, 3.63) is 137 Å². The van der Waals surface area contributed by atoms with Crippen LogP contribution in [0, 0.1) is 6.92 Å². The maximum Gasteiger partial charge on any atom is 0.264 e. The van der Waals surface area contributed by atoms with E-state index in [9.17, 15) is 13.2 Å². The molecule has 0 aliphatic heterocycles. The van der Waals surface area contributed by atoms with Gasteiger partial charge in [-0.15, -0.1) is 0 Å². The van der Waals surface area contributed by atoms with Gasteiger partial charge in [-0.3, -0.25) is 9.10 Å². The van der Waals surface area contributed by atoms with Gasteiger partial charge in [0.15, 0.2) is 0 Å². The average molecular weight is 598 g/mol. The Hall–Kier alpha value is -4.66. The highest BCUT2D eigenvalue weighted by atomic mass is 35.5. The Morgan fingerprint density at radius 2 is 1.57 bits per heavy atom. The van der Waals surface area contributed by atoms with Crippen LogP contribution in [0.1, 0.15) is 16.7 Å². The number of hydrogen-bond acceptors (Lipinski definition) is 5. The van der Waals surface area contributed by atoms with E-state index < -0.39 is 22.5 Å². The molecule has 0 unspecified atom stereocenters. The summed E-state index contributed by atoms with van der Waals surface area (Å²) in [5.74, 6) is 0.0678. The number of fused-ring (bicyclic) bond motifs is 1. The third-order valence-corrected chi connectivity index (χ3v) is 8.61. The molecule has 1 amide bonds. The maximum absolute atomic E-state index is 13.5. The summed E-state index contributed by atoms with van der Waals surface area (Å²) in [5, 5.41) is 6.55. The van der Waals surface area contributed by atoms with Crippen LogP contribution in [0.2, 0.25) is 5.02 Å². The number of carbonyl (C=O) groups excluding carboxylic acids is 1. The molecule has 0 spiro atoms. The molecule has 42 heavy (non-hydrogen) atoms. The summed E-state index contributed by atoms with van der Waals surface area (Å²) in [6.45, 7) is 1.78. The number of carbonyl (C=O) groups is 1. The first kappa shape index (κ1) is 28.9. The molecule has 0 aromatic heterocycles. The van der Waals surface area contributed by atoms with Crippen molar-refractivity contribution >= 4 is 50.2 Å². The Bertz CT molecular complexity index is 1840. The van der Waals surface area contributed by atoms with E-state index in [2.05, 4.69) is 34.8 Å². The Balaban J connectivity index is 1.21. The van der Waals surface area contributed by atoms with Crippen molar-refractivity contribution in [1.82, 2.24) is 5.43 Å². The van der Waals surface area contributed by atoms with Crippen molar-refractivity contribution in [2.45, 2.75) is 18.4 Å². The number of benzene rings is 5. The van der Waals surface area contributed by atoms with Crippen molar-refractivity contribution in [3.8, 4) is 5.75 Å². The second kappa shape index (κ2) is 12.9. The van der Waals surface area contributed by atoms with Crippen LogP contribution in [0.25, 0.3) is 10.8 Å². The van der Waals surface area contributed by atoms with Gasteiger partial charge in [0, 0.05) is 0 Å². The van der Waals surface area contributed by atoms with Crippen LogP contribution in [0.5, 0.6) is 5.75 Å². The molecular formula is C33H28ClN3O4S. The number of nitrogens with one attached hydrogen (secondary N) is 1. The van der Waals surface area contributed by atoms with E-state index in [0.717, 1.165) is 26.4 Å². The molecule has 0 atom stereocenters. The molecule has 0 saturated heterocycles. The number of halogens is 1. The van der Waals surface area contributed by atoms with Gasteiger partial charge in [0.25, 0.3) is 15.9 Å². The molecular weight excluding hydrogens is 570 g/mol. The first-order chi connectivity index (χ1) is 20.3. The molecule has 0 bridgehead atoms. The molecule has 212 valence electrons. The second-order valence-electron chi connectivity index (χ2n) is 9.61. The number of anilines is 1. The van der Waals surface area contributed by atoms with Gasteiger partial charge in [0.2, 0.25) is 0 Å². The van der Waals surface area contributed by atoms with E-state index in [1.165, 1.54) is 23.7 Å². The third-order valence-electron chi connectivity index (χ3n) is 6.52. The van der Waals surface area contributed by atoms with E-state index >= 15 is 0 Å². The van der Waals surface area contributed by atoms with E-state index in [-0.39, 0.29) is 15.6 Å². The second-order valence-corrected chi connectivity index (χ2v) is 11.9. The first-order valence-electron chi connectivity index (χ1n) is 13.2. The molecule has 5 rings (SSSR count). The molecule has 5 aromatic rings. The summed E-state index contributed by atoms with van der Waals surface area (Å²) >= 11 is 6.32. The minimum atomic E-state index is -4.08. The third kappa shape index (κ3) is 6.97. The van der Waals surface area contributed by atoms with Crippen molar-refractivity contribution in [2.75, 3.05) is 10.8 Å². The Kier molecular flexibility index (Phi) is 8.85. The quantitative estimate of drug-likeness (QED) is 0.143. The van der Waals surface area contributed by atoms with Gasteiger partial charge in [-0.1, -0.05) is 77.8 Å². The minimum Gasteiger partial charge on any atom is -0.489 e. The van der Waals surface area contributed by atoms with Crippen molar-refractivity contribution in [1.29, 1.82) is 0 Å². The number of ether oxygens (including phenoxy) is 1. The summed E-state index contributed by atoms with van der Waals surface area (Å²) in [6.07, 6.45) is 1.47. The number of rotatable bonds is 10. The highest BCUT2D eigenvalue weighted by molar-refractivity contribution is 7.92. The number of sulfonamides is 1. The van der Waals surface area contributed by atoms with Crippen LogP contribution in [-0.4, -0.2) is 27.1 Å². The topological polar surface area (TPSA) is 88.1 Å². The monoisotopic (exact) mass is 597 g/mol. The first-order valence-corrected chi connectivity index (χ1v) is 15.0. The lowest BCUT2D eigenvalue weighted by molar-refractivity contribution is -0.119. The maximum atomic E-state index is 13.5. The molecule has 0 heterocycles. The normalized spacial score (nSPS) is 11.5. The average Bonchev–Trinajstić information content (AvgIpc) is 3.00. The van der Waals surface area contributed by atoms with E-state index in [4.69, 9.17) is 16.3 Å². The Morgan fingerprint density at radius 1 is 0.881 bits per heavy atom. The Labute approximate surface area is 250 Å². The molecule has 0 saturated carbocycles. The predicted octanol–water partition coefficient (Wildman–Crippen LogP) is 6.73. The Morgan fingerprint density at radius 3 is 2.31 bits per heavy atom. The number of hydrogen-bond donors (Lipinski definition) is 1. The standard InChI is InChI=1S/C33H28ClN3O4S/c1-24-10-18-30(19-11-24)42(39,40)37(32-9-5-4-8-31(32)34)22-33(38)36-35-21-25-13-16-29(17-14-25)41-23-26-12-15-27-6-2-3-7-28(27)20-26/h2-21H,22-23H2,1H3,(H,36,38)/b35-21+. The van der Waals surface area contributed by atoms with Gasteiger partial charge >= 0.3 is 0 Å². The molecule has 5 aromatic carbocycles. The molecule has 0 aliphatic carbocycles. The van der Waals surface area contributed by atoms with Crippen LogP contribution in [0.15, 0.2) is 125 Å². The van der Waals surface area contributed by atoms with Gasteiger partial charge in [0.05, 0.1) is 21.8 Å². The van der Waals surface area contributed by atoms with Crippen molar-refractivity contribution < 1.29 is 17.9 Å².